The fraction of sp³-hybridized carbons (Fsp3) is 0.941. The fourth-order valence-corrected chi connectivity index (χ4v) is 6.07. The quantitative estimate of drug-likeness (QED) is 0.705. The van der Waals surface area contributed by atoms with Crippen molar-refractivity contribution in [2.45, 2.75) is 57.8 Å². The number of carbonyl (C=O) groups is 1. The average Bonchev–Trinajstić information content (AvgIpc) is 2.99. The monoisotopic (exact) mass is 424 g/mol. The molecule has 2 unspecified atom stereocenters. The Bertz CT molecular complexity index is 602. The topological polar surface area (TPSA) is 96.2 Å². The van der Waals surface area contributed by atoms with Gasteiger partial charge in [-0.2, -0.15) is 17.0 Å². The molecule has 10 heteroatoms. The third kappa shape index (κ3) is 5.33. The Kier molecular flexibility index (Phi) is 7.92. The van der Waals surface area contributed by atoms with Gasteiger partial charge in [0.2, 0.25) is 5.91 Å². The van der Waals surface area contributed by atoms with E-state index in [9.17, 15) is 13.2 Å². The van der Waals surface area contributed by atoms with Crippen LogP contribution in [0.1, 0.15) is 39.5 Å². The molecule has 0 spiro atoms. The lowest BCUT2D eigenvalue weighted by Crippen LogP contribution is -2.57. The number of nitrogens with two attached hydrogens (primary N) is 1. The highest BCUT2D eigenvalue weighted by Crippen LogP contribution is 2.27. The van der Waals surface area contributed by atoms with Crippen LogP contribution in [0.3, 0.4) is 0 Å². The number of carbonyl (C=O) groups excluding carboxylic acids is 1. The molecule has 2 saturated heterocycles. The molecule has 0 aromatic heterocycles. The first-order valence-corrected chi connectivity index (χ1v) is 11.1. The number of ether oxygens (including phenoxy) is 1. The van der Waals surface area contributed by atoms with Crippen molar-refractivity contribution in [1.82, 2.24) is 13.5 Å². The van der Waals surface area contributed by atoms with E-state index in [4.69, 9.17) is 10.5 Å². The number of hydrogen-bond acceptors (Lipinski definition) is 5. The summed E-state index contributed by atoms with van der Waals surface area (Å²) in [6, 6.07) is 0.130. The molecule has 3 aliphatic rings. The summed E-state index contributed by atoms with van der Waals surface area (Å²) in [6.45, 7) is 6.16. The van der Waals surface area contributed by atoms with Crippen molar-refractivity contribution >= 4 is 28.5 Å². The van der Waals surface area contributed by atoms with Gasteiger partial charge in [0.25, 0.3) is 10.2 Å². The number of morpholine rings is 1. The smallest absolute Gasteiger partial charge is 0.282 e. The summed E-state index contributed by atoms with van der Waals surface area (Å²) in [4.78, 5) is 14.3. The number of nitrogens with zero attached hydrogens (tertiary/aromatic N) is 3. The van der Waals surface area contributed by atoms with E-state index in [1.807, 2.05) is 13.8 Å². The highest BCUT2D eigenvalue weighted by molar-refractivity contribution is 7.86. The van der Waals surface area contributed by atoms with Crippen LogP contribution < -0.4 is 5.73 Å². The van der Waals surface area contributed by atoms with Crippen molar-refractivity contribution in [2.24, 2.45) is 11.7 Å². The summed E-state index contributed by atoms with van der Waals surface area (Å²) in [5, 5.41) is 0. The fourth-order valence-electron chi connectivity index (χ4n) is 4.32. The number of hydrogen-bond donors (Lipinski definition) is 1. The summed E-state index contributed by atoms with van der Waals surface area (Å²) in [5.41, 5.74) is 6.07. The van der Waals surface area contributed by atoms with Crippen LogP contribution in [0.5, 0.6) is 0 Å². The van der Waals surface area contributed by atoms with Gasteiger partial charge in [0, 0.05) is 51.7 Å². The third-order valence-corrected chi connectivity index (χ3v) is 7.75. The van der Waals surface area contributed by atoms with E-state index in [0.717, 1.165) is 19.3 Å². The van der Waals surface area contributed by atoms with Gasteiger partial charge >= 0.3 is 0 Å². The molecular formula is C17H33ClN4O4S. The molecule has 2 N–H and O–H groups in total. The van der Waals surface area contributed by atoms with E-state index in [0.29, 0.717) is 45.7 Å². The number of amides is 1. The SMILES string of the molecule is CC1CN(S(=O)(=O)N2CCN(C(=O)C[C@@H]3CCC[C@H]3N)CC2)CC(C)O1.Cl. The maximum absolute atomic E-state index is 12.9. The molecule has 0 aromatic rings. The standard InChI is InChI=1S/C17H32N4O4S.ClH/c1-13-11-21(12-14(2)25-13)26(23,24)20-8-6-19(7-9-20)17(22)10-15-4-3-5-16(15)18;/h13-16H,3-12,18H2,1-2H3;1H/t13?,14?,15-,16+;/m0./s1. The van der Waals surface area contributed by atoms with E-state index in [1.54, 1.807) is 4.90 Å². The van der Waals surface area contributed by atoms with Crippen LogP contribution in [-0.4, -0.2) is 85.4 Å². The Labute approximate surface area is 169 Å². The Morgan fingerprint density at radius 1 is 1.04 bits per heavy atom. The van der Waals surface area contributed by atoms with Crippen LogP contribution in [0.15, 0.2) is 0 Å². The molecule has 0 bridgehead atoms. The van der Waals surface area contributed by atoms with Crippen molar-refractivity contribution in [3.05, 3.63) is 0 Å². The average molecular weight is 425 g/mol. The molecule has 2 aliphatic heterocycles. The van der Waals surface area contributed by atoms with Crippen LogP contribution in [0.2, 0.25) is 0 Å². The first-order chi connectivity index (χ1) is 12.3. The van der Waals surface area contributed by atoms with Crippen molar-refractivity contribution < 1.29 is 17.9 Å². The Morgan fingerprint density at radius 2 is 1.63 bits per heavy atom. The van der Waals surface area contributed by atoms with Gasteiger partial charge in [0.1, 0.15) is 0 Å². The number of piperazine rings is 1. The van der Waals surface area contributed by atoms with Gasteiger partial charge in [-0.3, -0.25) is 4.79 Å². The van der Waals surface area contributed by atoms with E-state index >= 15 is 0 Å². The zero-order valence-electron chi connectivity index (χ0n) is 16.2. The highest BCUT2D eigenvalue weighted by atomic mass is 35.5. The minimum absolute atomic E-state index is 0. The second kappa shape index (κ2) is 9.37. The summed E-state index contributed by atoms with van der Waals surface area (Å²) in [6.07, 6.45) is 3.40. The van der Waals surface area contributed by atoms with Crippen molar-refractivity contribution in [1.29, 1.82) is 0 Å². The zero-order chi connectivity index (χ0) is 18.9. The van der Waals surface area contributed by atoms with Crippen molar-refractivity contribution in [3.63, 3.8) is 0 Å². The molecule has 0 aromatic carbocycles. The Morgan fingerprint density at radius 3 is 2.15 bits per heavy atom. The third-order valence-electron chi connectivity index (χ3n) is 5.78. The van der Waals surface area contributed by atoms with Gasteiger partial charge < -0.3 is 15.4 Å². The Hall–Kier alpha value is -0.450. The van der Waals surface area contributed by atoms with Crippen LogP contribution in [0, 0.1) is 5.92 Å². The lowest BCUT2D eigenvalue weighted by molar-refractivity contribution is -0.133. The highest BCUT2D eigenvalue weighted by Gasteiger charge is 2.37. The van der Waals surface area contributed by atoms with E-state index < -0.39 is 10.2 Å². The van der Waals surface area contributed by atoms with Crippen LogP contribution in [-0.2, 0) is 19.7 Å². The Balaban J connectivity index is 0.00000261. The molecule has 158 valence electrons. The first-order valence-electron chi connectivity index (χ1n) is 9.71. The summed E-state index contributed by atoms with van der Waals surface area (Å²) < 4.78 is 34.5. The lowest BCUT2D eigenvalue weighted by Gasteiger charge is -2.40. The van der Waals surface area contributed by atoms with Gasteiger partial charge in [-0.25, -0.2) is 0 Å². The maximum atomic E-state index is 12.9. The molecule has 3 fully saturated rings. The molecule has 8 nitrogen and oxygen atoms in total. The minimum Gasteiger partial charge on any atom is -0.373 e. The molecule has 1 aliphatic carbocycles. The molecule has 1 amide bonds. The van der Waals surface area contributed by atoms with E-state index in [2.05, 4.69) is 0 Å². The van der Waals surface area contributed by atoms with Crippen LogP contribution in [0.25, 0.3) is 0 Å². The normalized spacial score (nSPS) is 33.7. The maximum Gasteiger partial charge on any atom is 0.282 e. The van der Waals surface area contributed by atoms with Gasteiger partial charge in [-0.1, -0.05) is 6.42 Å². The number of rotatable bonds is 4. The second-order valence-electron chi connectivity index (χ2n) is 7.92. The summed E-state index contributed by atoms with van der Waals surface area (Å²) in [7, 11) is -3.50. The second-order valence-corrected chi connectivity index (χ2v) is 9.85. The van der Waals surface area contributed by atoms with Gasteiger partial charge in [0.05, 0.1) is 12.2 Å². The van der Waals surface area contributed by atoms with Gasteiger partial charge in [-0.05, 0) is 32.6 Å². The molecular weight excluding hydrogens is 392 g/mol. The molecule has 27 heavy (non-hydrogen) atoms. The van der Waals surface area contributed by atoms with E-state index in [1.165, 1.54) is 8.61 Å². The molecule has 3 rings (SSSR count). The van der Waals surface area contributed by atoms with Gasteiger partial charge in [0.15, 0.2) is 0 Å². The van der Waals surface area contributed by atoms with Crippen molar-refractivity contribution in [2.75, 3.05) is 39.3 Å². The van der Waals surface area contributed by atoms with Gasteiger partial charge in [-0.15, -0.1) is 12.4 Å². The van der Waals surface area contributed by atoms with Crippen LogP contribution >= 0.6 is 12.4 Å². The predicted molar refractivity (Wildman–Crippen MR) is 106 cm³/mol. The van der Waals surface area contributed by atoms with E-state index in [-0.39, 0.29) is 42.5 Å². The predicted octanol–water partition coefficient (Wildman–Crippen LogP) is 0.424. The minimum atomic E-state index is -3.50. The molecule has 4 atom stereocenters. The first kappa shape index (κ1) is 22.8. The van der Waals surface area contributed by atoms with Crippen LogP contribution in [0.4, 0.5) is 0 Å². The van der Waals surface area contributed by atoms with Crippen molar-refractivity contribution in [3.8, 4) is 0 Å². The molecule has 1 saturated carbocycles. The summed E-state index contributed by atoms with van der Waals surface area (Å²) in [5.74, 6) is 0.388. The lowest BCUT2D eigenvalue weighted by atomic mass is 9.99. The number of halogens is 1. The largest absolute Gasteiger partial charge is 0.373 e. The summed E-state index contributed by atoms with van der Waals surface area (Å²) >= 11 is 0. The molecule has 2 heterocycles. The molecule has 0 radical (unpaired) electrons. The zero-order valence-corrected chi connectivity index (χ0v) is 17.9.